The molecule has 0 saturated carbocycles. The molecule has 0 aliphatic heterocycles. The van der Waals surface area contributed by atoms with Gasteiger partial charge in [0.15, 0.2) is 0 Å². The minimum absolute atomic E-state index is 0.133. The molecule has 1 atom stereocenters. The van der Waals surface area contributed by atoms with Crippen LogP contribution >= 0.6 is 0 Å². The Morgan fingerprint density at radius 3 is 2.53 bits per heavy atom. The van der Waals surface area contributed by atoms with Crippen molar-refractivity contribution >= 4 is 12.0 Å². The largest absolute Gasteiger partial charge is 0.481 e. The summed E-state index contributed by atoms with van der Waals surface area (Å²) in [5.74, 6) is -0.651. The molecule has 0 saturated heterocycles. The van der Waals surface area contributed by atoms with Gasteiger partial charge in [0, 0.05) is 33.2 Å². The molecular formula is C13H26N2O4. The lowest BCUT2D eigenvalue weighted by atomic mass is 10.1. The van der Waals surface area contributed by atoms with E-state index >= 15 is 0 Å². The summed E-state index contributed by atoms with van der Waals surface area (Å²) in [5, 5.41) is 20.0. The average Bonchev–Trinajstić information content (AvgIpc) is 2.38. The zero-order valence-electron chi connectivity index (χ0n) is 11.9. The summed E-state index contributed by atoms with van der Waals surface area (Å²) in [6.45, 7) is 3.27. The monoisotopic (exact) mass is 274 g/mol. The number of nitrogens with zero attached hydrogens (tertiary/aromatic N) is 1. The van der Waals surface area contributed by atoms with Crippen LogP contribution < -0.4 is 5.32 Å². The average molecular weight is 274 g/mol. The predicted octanol–water partition coefficient (Wildman–Crippen LogP) is 1.29. The van der Waals surface area contributed by atoms with E-state index in [0.29, 0.717) is 19.5 Å². The fourth-order valence-electron chi connectivity index (χ4n) is 1.61. The lowest BCUT2D eigenvalue weighted by molar-refractivity contribution is -0.137. The number of aliphatic carboxylic acids is 1. The van der Waals surface area contributed by atoms with E-state index in [2.05, 4.69) is 5.32 Å². The number of carboxylic acid groups (broad SMARTS) is 1. The minimum Gasteiger partial charge on any atom is -0.481 e. The third-order valence-corrected chi connectivity index (χ3v) is 2.95. The first-order valence-electron chi connectivity index (χ1n) is 6.79. The molecule has 0 spiro atoms. The van der Waals surface area contributed by atoms with Gasteiger partial charge >= 0.3 is 12.0 Å². The summed E-state index contributed by atoms with van der Waals surface area (Å²) in [6.07, 6.45) is 3.24. The highest BCUT2D eigenvalue weighted by Crippen LogP contribution is 2.04. The minimum atomic E-state index is -0.806. The van der Waals surface area contributed by atoms with Crippen molar-refractivity contribution in [3.63, 3.8) is 0 Å². The van der Waals surface area contributed by atoms with Gasteiger partial charge in [0.05, 0.1) is 0 Å². The fraction of sp³-hybridized carbons (Fsp3) is 0.846. The highest BCUT2D eigenvalue weighted by Gasteiger charge is 2.10. The molecule has 0 aliphatic rings. The zero-order chi connectivity index (χ0) is 14.7. The molecule has 0 aromatic rings. The van der Waals surface area contributed by atoms with Crippen molar-refractivity contribution < 1.29 is 19.8 Å². The molecule has 0 aliphatic carbocycles. The normalized spacial score (nSPS) is 11.9. The number of carbonyl (C=O) groups is 2. The molecule has 6 heteroatoms. The Morgan fingerprint density at radius 2 is 1.95 bits per heavy atom. The van der Waals surface area contributed by atoms with Crippen LogP contribution in [0.4, 0.5) is 4.79 Å². The maximum atomic E-state index is 11.7. The molecule has 0 aromatic carbocycles. The molecule has 0 radical (unpaired) electrons. The van der Waals surface area contributed by atoms with Crippen LogP contribution in [0.3, 0.4) is 0 Å². The van der Waals surface area contributed by atoms with Gasteiger partial charge in [0.1, 0.15) is 0 Å². The number of carbonyl (C=O) groups excluding carboxylic acids is 1. The third-order valence-electron chi connectivity index (χ3n) is 2.95. The predicted molar refractivity (Wildman–Crippen MR) is 73.0 cm³/mol. The van der Waals surface area contributed by atoms with E-state index in [1.165, 1.54) is 0 Å². The molecule has 6 nitrogen and oxygen atoms in total. The number of aliphatic hydroxyl groups is 1. The van der Waals surface area contributed by atoms with Gasteiger partial charge in [-0.15, -0.1) is 0 Å². The second kappa shape index (κ2) is 10.6. The quantitative estimate of drug-likeness (QED) is 0.524. The molecular weight excluding hydrogens is 248 g/mol. The Balaban J connectivity index is 3.68. The maximum Gasteiger partial charge on any atom is 0.317 e. The number of unbranched alkanes of at least 4 members (excludes halogenated alkanes) is 2. The van der Waals surface area contributed by atoms with Crippen LogP contribution in [0.2, 0.25) is 0 Å². The Morgan fingerprint density at radius 1 is 1.26 bits per heavy atom. The Hall–Kier alpha value is -1.30. The van der Waals surface area contributed by atoms with Crippen molar-refractivity contribution in [2.24, 2.45) is 5.92 Å². The maximum absolute atomic E-state index is 11.7. The van der Waals surface area contributed by atoms with Crippen molar-refractivity contribution in [3.8, 4) is 0 Å². The van der Waals surface area contributed by atoms with Crippen molar-refractivity contribution in [1.29, 1.82) is 0 Å². The zero-order valence-corrected chi connectivity index (χ0v) is 11.9. The van der Waals surface area contributed by atoms with Gasteiger partial charge in [-0.1, -0.05) is 6.92 Å². The molecule has 1 unspecified atom stereocenters. The third kappa shape index (κ3) is 10.3. The van der Waals surface area contributed by atoms with Crippen LogP contribution in [0.5, 0.6) is 0 Å². The van der Waals surface area contributed by atoms with Crippen LogP contribution in [0, 0.1) is 5.92 Å². The topological polar surface area (TPSA) is 89.9 Å². The molecule has 0 heterocycles. The van der Waals surface area contributed by atoms with Gasteiger partial charge in [0.25, 0.3) is 0 Å². The summed E-state index contributed by atoms with van der Waals surface area (Å²) in [6, 6.07) is -0.133. The van der Waals surface area contributed by atoms with E-state index in [4.69, 9.17) is 10.2 Å². The SMILES string of the molecule is CC(CCC(=O)O)CNC(=O)N(C)CCCCCO. The van der Waals surface area contributed by atoms with Crippen LogP contribution in [-0.2, 0) is 4.79 Å². The number of carboxylic acids is 1. The Kier molecular flexibility index (Phi) is 9.88. The van der Waals surface area contributed by atoms with Crippen molar-refractivity contribution in [1.82, 2.24) is 10.2 Å². The number of aliphatic hydroxyl groups excluding tert-OH is 1. The van der Waals surface area contributed by atoms with Gasteiger partial charge < -0.3 is 20.4 Å². The van der Waals surface area contributed by atoms with Crippen LogP contribution in [0.15, 0.2) is 0 Å². The molecule has 19 heavy (non-hydrogen) atoms. The summed E-state index contributed by atoms with van der Waals surface area (Å²) in [4.78, 5) is 23.7. The number of hydrogen-bond donors (Lipinski definition) is 3. The number of rotatable bonds is 10. The highest BCUT2D eigenvalue weighted by molar-refractivity contribution is 5.73. The van der Waals surface area contributed by atoms with E-state index in [-0.39, 0.29) is 25.0 Å². The van der Waals surface area contributed by atoms with Gasteiger partial charge in [-0.3, -0.25) is 4.79 Å². The summed E-state index contributed by atoms with van der Waals surface area (Å²) < 4.78 is 0. The second-order valence-corrected chi connectivity index (χ2v) is 4.93. The standard InChI is InChI=1S/C13H26N2O4/c1-11(6-7-12(17)18)10-14-13(19)15(2)8-4-3-5-9-16/h11,16H,3-10H2,1-2H3,(H,14,19)(H,17,18). The smallest absolute Gasteiger partial charge is 0.317 e. The lowest BCUT2D eigenvalue weighted by Gasteiger charge is -2.19. The lowest BCUT2D eigenvalue weighted by Crippen LogP contribution is -2.39. The van der Waals surface area contributed by atoms with Gasteiger partial charge in [0.2, 0.25) is 0 Å². The highest BCUT2D eigenvalue weighted by atomic mass is 16.4. The molecule has 2 amide bonds. The second-order valence-electron chi connectivity index (χ2n) is 4.93. The van der Waals surface area contributed by atoms with E-state index in [1.807, 2.05) is 6.92 Å². The first-order valence-corrected chi connectivity index (χ1v) is 6.79. The van der Waals surface area contributed by atoms with Gasteiger partial charge in [-0.2, -0.15) is 0 Å². The van der Waals surface area contributed by atoms with Crippen molar-refractivity contribution in [2.45, 2.75) is 39.0 Å². The number of hydrogen-bond acceptors (Lipinski definition) is 3. The number of urea groups is 1. The first kappa shape index (κ1) is 17.7. The van der Waals surface area contributed by atoms with E-state index in [0.717, 1.165) is 19.3 Å². The summed E-state index contributed by atoms with van der Waals surface area (Å²) in [5.41, 5.74) is 0. The summed E-state index contributed by atoms with van der Waals surface area (Å²) in [7, 11) is 1.73. The Bertz CT molecular complexity index is 271. The fourth-order valence-corrected chi connectivity index (χ4v) is 1.61. The number of amides is 2. The van der Waals surface area contributed by atoms with E-state index in [9.17, 15) is 9.59 Å². The molecule has 0 bridgehead atoms. The number of nitrogens with one attached hydrogen (secondary N) is 1. The molecule has 0 rings (SSSR count). The van der Waals surface area contributed by atoms with Crippen molar-refractivity contribution in [3.05, 3.63) is 0 Å². The van der Waals surface area contributed by atoms with Gasteiger partial charge in [-0.05, 0) is 31.6 Å². The molecule has 3 N–H and O–H groups in total. The Labute approximate surface area is 114 Å². The van der Waals surface area contributed by atoms with Crippen LogP contribution in [0.1, 0.15) is 39.0 Å². The molecule has 0 fully saturated rings. The summed E-state index contributed by atoms with van der Waals surface area (Å²) >= 11 is 0. The van der Waals surface area contributed by atoms with Crippen molar-refractivity contribution in [2.75, 3.05) is 26.7 Å². The molecule has 112 valence electrons. The molecule has 0 aromatic heterocycles. The van der Waals surface area contributed by atoms with E-state index in [1.54, 1.807) is 11.9 Å². The van der Waals surface area contributed by atoms with Crippen LogP contribution in [-0.4, -0.2) is 53.9 Å². The first-order chi connectivity index (χ1) is 8.97. The van der Waals surface area contributed by atoms with E-state index < -0.39 is 5.97 Å². The van der Waals surface area contributed by atoms with Crippen LogP contribution in [0.25, 0.3) is 0 Å². The van der Waals surface area contributed by atoms with Gasteiger partial charge in [-0.25, -0.2) is 4.79 Å².